The molecule has 0 aliphatic carbocycles. The molecule has 0 spiro atoms. The molecule has 0 aromatic heterocycles. The average Bonchev–Trinajstić information content (AvgIpc) is 2.19. The Kier molecular flexibility index (Phi) is 1.76. The summed E-state index contributed by atoms with van der Waals surface area (Å²) >= 11 is 0. The van der Waals surface area contributed by atoms with Crippen molar-refractivity contribution in [1.82, 2.24) is 0 Å². The zero-order valence-electron chi connectivity index (χ0n) is 7.41. The molecule has 1 aromatic carbocycles. The van der Waals surface area contributed by atoms with Gasteiger partial charge in [0, 0.05) is 30.1 Å². The summed E-state index contributed by atoms with van der Waals surface area (Å²) in [6.45, 7) is 0. The Morgan fingerprint density at radius 2 is 2.08 bits per heavy atom. The molecule has 0 unspecified atom stereocenters. The fourth-order valence-corrected chi connectivity index (χ4v) is 1.47. The molecule has 13 heavy (non-hydrogen) atoms. The van der Waals surface area contributed by atoms with Gasteiger partial charge in [-0.25, -0.2) is 0 Å². The van der Waals surface area contributed by atoms with E-state index in [-0.39, 0.29) is 0 Å². The Morgan fingerprint density at radius 1 is 1.31 bits per heavy atom. The quantitative estimate of drug-likeness (QED) is 0.594. The second-order valence-electron chi connectivity index (χ2n) is 2.98. The standard InChI is InChI=1S/C11H10N2/c1-13-7-6-9(8-12)10-4-2-3-5-11(10)13/h2-7,12H,1H3. The molecule has 1 aliphatic heterocycles. The van der Waals surface area contributed by atoms with E-state index in [4.69, 9.17) is 5.41 Å². The van der Waals surface area contributed by atoms with Crippen molar-refractivity contribution in [1.29, 1.82) is 5.41 Å². The van der Waals surface area contributed by atoms with Crippen LogP contribution < -0.4 is 4.90 Å². The zero-order valence-corrected chi connectivity index (χ0v) is 7.41. The lowest BCUT2D eigenvalue weighted by Gasteiger charge is -2.22. The van der Waals surface area contributed by atoms with Gasteiger partial charge in [0.05, 0.1) is 0 Å². The highest BCUT2D eigenvalue weighted by Gasteiger charge is 2.11. The van der Waals surface area contributed by atoms with Crippen LogP contribution in [0, 0.1) is 5.41 Å². The highest BCUT2D eigenvalue weighted by molar-refractivity contribution is 5.99. The number of hydrogen-bond donors (Lipinski definition) is 1. The van der Waals surface area contributed by atoms with Crippen LogP contribution in [0.25, 0.3) is 5.57 Å². The third-order valence-electron chi connectivity index (χ3n) is 2.17. The number of anilines is 1. The second-order valence-corrected chi connectivity index (χ2v) is 2.98. The van der Waals surface area contributed by atoms with Crippen molar-refractivity contribution in [2.45, 2.75) is 0 Å². The van der Waals surface area contributed by atoms with Crippen molar-refractivity contribution in [2.24, 2.45) is 0 Å². The van der Waals surface area contributed by atoms with Crippen molar-refractivity contribution in [2.75, 3.05) is 11.9 Å². The third kappa shape index (κ3) is 1.17. The first-order valence-electron chi connectivity index (χ1n) is 4.13. The molecule has 1 N–H and O–H groups in total. The Morgan fingerprint density at radius 3 is 2.85 bits per heavy atom. The van der Waals surface area contributed by atoms with Gasteiger partial charge in [-0.2, -0.15) is 0 Å². The number of hydrogen-bond acceptors (Lipinski definition) is 2. The van der Waals surface area contributed by atoms with Crippen LogP contribution in [0.2, 0.25) is 0 Å². The number of nitrogens with zero attached hydrogens (tertiary/aromatic N) is 1. The Labute approximate surface area is 77.3 Å². The normalized spacial score (nSPS) is 13.9. The molecule has 0 saturated carbocycles. The average molecular weight is 170 g/mol. The summed E-state index contributed by atoms with van der Waals surface area (Å²) < 4.78 is 0. The molecule has 2 rings (SSSR count). The van der Waals surface area contributed by atoms with E-state index in [1.807, 2.05) is 48.5 Å². The molecule has 1 aliphatic rings. The molecule has 1 heterocycles. The molecule has 0 atom stereocenters. The molecule has 0 radical (unpaired) electrons. The highest BCUT2D eigenvalue weighted by Crippen LogP contribution is 2.29. The third-order valence-corrected chi connectivity index (χ3v) is 2.17. The van der Waals surface area contributed by atoms with Gasteiger partial charge in [0.15, 0.2) is 0 Å². The van der Waals surface area contributed by atoms with Crippen LogP contribution in [0.15, 0.2) is 36.5 Å². The topological polar surface area (TPSA) is 27.1 Å². The maximum Gasteiger partial charge on any atom is 0.0490 e. The van der Waals surface area contributed by atoms with Crippen molar-refractivity contribution in [3.63, 3.8) is 0 Å². The molecule has 2 nitrogen and oxygen atoms in total. The van der Waals surface area contributed by atoms with Gasteiger partial charge in [-0.3, -0.25) is 5.41 Å². The summed E-state index contributed by atoms with van der Waals surface area (Å²) in [4.78, 5) is 2.04. The van der Waals surface area contributed by atoms with Crippen LogP contribution in [0.5, 0.6) is 0 Å². The van der Waals surface area contributed by atoms with E-state index in [9.17, 15) is 0 Å². The predicted molar refractivity (Wildman–Crippen MR) is 55.1 cm³/mol. The van der Waals surface area contributed by atoms with Crippen molar-refractivity contribution >= 4 is 17.1 Å². The molecule has 0 fully saturated rings. The first-order valence-corrected chi connectivity index (χ1v) is 4.13. The van der Waals surface area contributed by atoms with E-state index < -0.39 is 0 Å². The second kappa shape index (κ2) is 2.92. The monoisotopic (exact) mass is 170 g/mol. The number of benzene rings is 1. The van der Waals surface area contributed by atoms with Crippen molar-refractivity contribution in [3.8, 4) is 0 Å². The van der Waals surface area contributed by atoms with E-state index in [0.29, 0.717) is 0 Å². The van der Waals surface area contributed by atoms with Crippen LogP contribution in [-0.2, 0) is 0 Å². The minimum atomic E-state index is 0.841. The number of nitrogens with one attached hydrogen (secondary N) is 1. The maximum atomic E-state index is 7.14. The molecular formula is C11H10N2. The highest BCUT2D eigenvalue weighted by atomic mass is 15.1. The molecule has 1 aromatic rings. The molecular weight excluding hydrogens is 160 g/mol. The van der Waals surface area contributed by atoms with Gasteiger partial charge >= 0.3 is 0 Å². The molecule has 0 bridgehead atoms. The largest absolute Gasteiger partial charge is 0.350 e. The van der Waals surface area contributed by atoms with Gasteiger partial charge in [-0.1, -0.05) is 18.2 Å². The van der Waals surface area contributed by atoms with Crippen molar-refractivity contribution in [3.05, 3.63) is 42.1 Å². The lowest BCUT2D eigenvalue weighted by molar-refractivity contribution is 1.18. The summed E-state index contributed by atoms with van der Waals surface area (Å²) in [6.07, 6.45) is 3.84. The SMILES string of the molecule is CN1C=CC(=C=N)c2ccccc21. The van der Waals surface area contributed by atoms with Crippen LogP contribution in [0.3, 0.4) is 0 Å². The number of allylic oxidation sites excluding steroid dienone is 2. The first-order chi connectivity index (χ1) is 6.33. The lowest BCUT2D eigenvalue weighted by Crippen LogP contribution is -2.13. The predicted octanol–water partition coefficient (Wildman–Crippen LogP) is 2.28. The smallest absolute Gasteiger partial charge is 0.0490 e. The van der Waals surface area contributed by atoms with Gasteiger partial charge in [0.1, 0.15) is 0 Å². The molecule has 64 valence electrons. The van der Waals surface area contributed by atoms with Crippen LogP contribution in [-0.4, -0.2) is 12.9 Å². The van der Waals surface area contributed by atoms with Crippen LogP contribution in [0.4, 0.5) is 5.69 Å². The van der Waals surface area contributed by atoms with E-state index in [1.54, 1.807) is 0 Å². The first kappa shape index (κ1) is 7.84. The van der Waals surface area contributed by atoms with Crippen LogP contribution in [0.1, 0.15) is 5.56 Å². The number of fused-ring (bicyclic) bond motifs is 1. The van der Waals surface area contributed by atoms with Gasteiger partial charge < -0.3 is 4.90 Å². The van der Waals surface area contributed by atoms with Gasteiger partial charge in [-0.15, -0.1) is 0 Å². The Hall–Kier alpha value is -1.79. The van der Waals surface area contributed by atoms with Crippen LogP contribution >= 0.6 is 0 Å². The van der Waals surface area contributed by atoms with Gasteiger partial charge in [0.25, 0.3) is 0 Å². The van der Waals surface area contributed by atoms with Gasteiger partial charge in [-0.05, 0) is 18.0 Å². The summed E-state index contributed by atoms with van der Waals surface area (Å²) in [5, 5.41) is 7.14. The molecule has 0 amide bonds. The summed E-state index contributed by atoms with van der Waals surface area (Å²) in [6, 6.07) is 8.02. The van der Waals surface area contributed by atoms with Gasteiger partial charge in [0.2, 0.25) is 0 Å². The van der Waals surface area contributed by atoms with Crippen molar-refractivity contribution < 1.29 is 0 Å². The Balaban J connectivity index is 2.67. The summed E-state index contributed by atoms with van der Waals surface area (Å²) in [5.74, 6) is 2.43. The van der Waals surface area contributed by atoms with E-state index in [1.165, 1.54) is 0 Å². The minimum Gasteiger partial charge on any atom is -0.350 e. The maximum absolute atomic E-state index is 7.14. The lowest BCUT2D eigenvalue weighted by atomic mass is 10.0. The fraction of sp³-hybridized carbons (Fsp3) is 0.0909. The van der Waals surface area contributed by atoms with E-state index >= 15 is 0 Å². The summed E-state index contributed by atoms with van der Waals surface area (Å²) in [5.41, 5.74) is 3.04. The summed E-state index contributed by atoms with van der Waals surface area (Å²) in [7, 11) is 2.00. The van der Waals surface area contributed by atoms with E-state index in [0.717, 1.165) is 16.8 Å². The van der Waals surface area contributed by atoms with E-state index in [2.05, 4.69) is 5.87 Å². The fourth-order valence-electron chi connectivity index (χ4n) is 1.47. The number of para-hydroxylation sites is 1. The minimum absolute atomic E-state index is 0.841. The molecule has 0 saturated heterocycles. The molecule has 2 heteroatoms. The Bertz CT molecular complexity index is 412. The number of rotatable bonds is 0. The zero-order chi connectivity index (χ0) is 9.26.